The predicted octanol–water partition coefficient (Wildman–Crippen LogP) is 4.19. The Balaban J connectivity index is 1.36. The summed E-state index contributed by atoms with van der Waals surface area (Å²) in [5, 5.41) is 0.949. The van der Waals surface area contributed by atoms with E-state index < -0.39 is 12.5 Å². The molecule has 8 heteroatoms. The van der Waals surface area contributed by atoms with Crippen molar-refractivity contribution in [1.29, 1.82) is 0 Å². The van der Waals surface area contributed by atoms with Crippen molar-refractivity contribution in [2.75, 3.05) is 26.3 Å². The van der Waals surface area contributed by atoms with Gasteiger partial charge in [-0.1, -0.05) is 12.8 Å². The van der Waals surface area contributed by atoms with E-state index in [2.05, 4.69) is 33.8 Å². The highest BCUT2D eigenvalue weighted by molar-refractivity contribution is 7.78. The number of halogens is 2. The van der Waals surface area contributed by atoms with Crippen LogP contribution in [0.2, 0.25) is 0 Å². The van der Waals surface area contributed by atoms with Gasteiger partial charge in [0.15, 0.2) is 0 Å². The lowest BCUT2D eigenvalue weighted by molar-refractivity contribution is 0.00729. The fourth-order valence-corrected chi connectivity index (χ4v) is 5.29. The van der Waals surface area contributed by atoms with Crippen molar-refractivity contribution < 1.29 is 13.5 Å². The zero-order valence-electron chi connectivity index (χ0n) is 16.8. The molecule has 0 bridgehead atoms. The largest absolute Gasteiger partial charge is 0.379 e. The average Bonchev–Trinajstić information content (AvgIpc) is 3.39. The smallest absolute Gasteiger partial charge is 0.264 e. The molecule has 0 amide bonds. The number of aromatic nitrogens is 2. The number of nitrogens with zero attached hydrogens (tertiary/aromatic N) is 4. The fourth-order valence-electron chi connectivity index (χ4n) is 5.01. The molecule has 30 heavy (non-hydrogen) atoms. The number of thiol groups is 1. The van der Waals surface area contributed by atoms with Crippen LogP contribution in [0.3, 0.4) is 0 Å². The average molecular weight is 433 g/mol. The molecule has 5 rings (SSSR count). The lowest BCUT2D eigenvalue weighted by atomic mass is 9.81. The molecule has 0 aromatic carbocycles. The van der Waals surface area contributed by atoms with Gasteiger partial charge in [-0.05, 0) is 49.3 Å². The molecule has 1 saturated carbocycles. The summed E-state index contributed by atoms with van der Waals surface area (Å²) >= 11 is 4.48. The number of alkyl halides is 2. The Hall–Kier alpha value is -1.77. The highest BCUT2D eigenvalue weighted by Gasteiger charge is 2.28. The van der Waals surface area contributed by atoms with E-state index in [1.54, 1.807) is 10.2 Å². The Morgan fingerprint density at radius 2 is 1.90 bits per heavy atom. The van der Waals surface area contributed by atoms with E-state index in [4.69, 9.17) is 4.74 Å². The molecule has 4 heterocycles. The molecule has 1 atom stereocenters. The van der Waals surface area contributed by atoms with Crippen LogP contribution in [0.15, 0.2) is 29.5 Å². The van der Waals surface area contributed by atoms with Crippen molar-refractivity contribution in [2.24, 2.45) is 4.99 Å². The normalized spacial score (nSPS) is 27.9. The molecule has 1 unspecified atom stereocenters. The first-order valence-electron chi connectivity index (χ1n) is 10.7. The second kappa shape index (κ2) is 8.40. The predicted molar refractivity (Wildman–Crippen MR) is 118 cm³/mol. The number of aliphatic imine (C=N–C) groups is 1. The van der Waals surface area contributed by atoms with E-state index in [1.807, 2.05) is 12.4 Å². The molecular weight excluding hydrogens is 406 g/mol. The summed E-state index contributed by atoms with van der Waals surface area (Å²) < 4.78 is 33.2. The second-order valence-corrected chi connectivity index (χ2v) is 8.84. The van der Waals surface area contributed by atoms with Crippen LogP contribution in [0.25, 0.3) is 16.6 Å². The van der Waals surface area contributed by atoms with Crippen LogP contribution in [0.5, 0.6) is 0 Å². The van der Waals surface area contributed by atoms with Gasteiger partial charge >= 0.3 is 0 Å². The zero-order chi connectivity index (χ0) is 20.7. The molecule has 2 fully saturated rings. The molecule has 2 aromatic heterocycles. The monoisotopic (exact) mass is 432 g/mol. The zero-order valence-corrected chi connectivity index (χ0v) is 17.6. The van der Waals surface area contributed by atoms with Crippen molar-refractivity contribution in [3.63, 3.8) is 0 Å². The van der Waals surface area contributed by atoms with Crippen molar-refractivity contribution >= 4 is 35.6 Å². The molecule has 5 nitrogen and oxygen atoms in total. The van der Waals surface area contributed by atoms with Gasteiger partial charge in [-0.15, -0.1) is 0 Å². The molecular formula is C22H26F2N4OS. The third-order valence-electron chi connectivity index (χ3n) is 6.68. The van der Waals surface area contributed by atoms with Gasteiger partial charge in [-0.3, -0.25) is 13.9 Å². The van der Waals surface area contributed by atoms with Crippen LogP contribution in [0.1, 0.15) is 42.7 Å². The highest BCUT2D eigenvalue weighted by atomic mass is 32.1. The SMILES string of the molecule is FC(F)C1C=C(c2cn(S)c3ncc([C@H]4CC[C@H](N5CCOCC5)CC4)cc23)C=N1. The molecule has 1 saturated heterocycles. The molecule has 0 radical (unpaired) electrons. The van der Waals surface area contributed by atoms with Crippen LogP contribution in [0, 0.1) is 0 Å². The van der Waals surface area contributed by atoms with Crippen molar-refractivity contribution in [2.45, 2.75) is 50.1 Å². The maximum atomic E-state index is 13.0. The van der Waals surface area contributed by atoms with Gasteiger partial charge in [0.2, 0.25) is 0 Å². The third kappa shape index (κ3) is 3.81. The van der Waals surface area contributed by atoms with E-state index in [1.165, 1.54) is 24.5 Å². The topological polar surface area (TPSA) is 42.7 Å². The molecule has 0 spiro atoms. The number of allylic oxidation sites excluding steroid dienone is 1. The Labute approximate surface area is 180 Å². The van der Waals surface area contributed by atoms with E-state index in [0.717, 1.165) is 55.7 Å². The minimum absolute atomic E-state index is 0.482. The number of hydrogen-bond acceptors (Lipinski definition) is 5. The summed E-state index contributed by atoms with van der Waals surface area (Å²) in [6.45, 7) is 3.76. The molecule has 0 N–H and O–H groups in total. The first-order chi connectivity index (χ1) is 14.6. The van der Waals surface area contributed by atoms with Crippen LogP contribution >= 0.6 is 12.8 Å². The van der Waals surface area contributed by atoms with Crippen molar-refractivity contribution in [3.05, 3.63) is 35.7 Å². The summed E-state index contributed by atoms with van der Waals surface area (Å²) in [5.41, 5.74) is 3.55. The first kappa shape index (κ1) is 20.2. The fraction of sp³-hybridized carbons (Fsp3) is 0.545. The van der Waals surface area contributed by atoms with Crippen molar-refractivity contribution in [3.8, 4) is 0 Å². The number of morpholine rings is 1. The van der Waals surface area contributed by atoms with Gasteiger partial charge in [-0.25, -0.2) is 13.8 Å². The number of fused-ring (bicyclic) bond motifs is 1. The highest BCUT2D eigenvalue weighted by Crippen LogP contribution is 2.37. The van der Waals surface area contributed by atoms with Crippen LogP contribution in [-0.4, -0.2) is 64.9 Å². The number of hydrogen-bond donors (Lipinski definition) is 1. The van der Waals surface area contributed by atoms with Crippen LogP contribution in [0.4, 0.5) is 8.78 Å². The Morgan fingerprint density at radius 1 is 1.13 bits per heavy atom. The van der Waals surface area contributed by atoms with Gasteiger partial charge in [0, 0.05) is 54.3 Å². The number of ether oxygens (including phenoxy) is 1. The van der Waals surface area contributed by atoms with E-state index >= 15 is 0 Å². The Bertz CT molecular complexity index is 975. The van der Waals surface area contributed by atoms with Gasteiger partial charge in [-0.2, -0.15) is 0 Å². The Morgan fingerprint density at radius 3 is 2.60 bits per heavy atom. The maximum absolute atomic E-state index is 13.0. The minimum atomic E-state index is -2.49. The minimum Gasteiger partial charge on any atom is -0.379 e. The summed E-state index contributed by atoms with van der Waals surface area (Å²) in [7, 11) is 0. The summed E-state index contributed by atoms with van der Waals surface area (Å²) in [6.07, 6.45) is 9.05. The first-order valence-corrected chi connectivity index (χ1v) is 11.1. The quantitative estimate of drug-likeness (QED) is 0.737. The third-order valence-corrected chi connectivity index (χ3v) is 6.99. The molecule has 3 aliphatic rings. The standard InChI is InChI=1S/C22H26F2N4OS/c23-21(24)20-10-16(12-25-20)19-13-28(30)22-18(19)9-15(11-26-22)14-1-3-17(4-2-14)27-5-7-29-8-6-27/h9-14,17,20-21,30H,1-8H2/t14-,17-,20?. The van der Waals surface area contributed by atoms with E-state index in [9.17, 15) is 8.78 Å². The van der Waals surface area contributed by atoms with Gasteiger partial charge in [0.05, 0.1) is 13.2 Å². The number of rotatable bonds is 4. The molecule has 160 valence electrons. The molecule has 2 aromatic rings. The summed E-state index contributed by atoms with van der Waals surface area (Å²) in [4.78, 5) is 11.2. The molecule has 2 aliphatic heterocycles. The number of pyridine rings is 1. The van der Waals surface area contributed by atoms with Gasteiger partial charge < -0.3 is 4.74 Å². The lowest BCUT2D eigenvalue weighted by Gasteiger charge is -2.38. The van der Waals surface area contributed by atoms with E-state index in [0.29, 0.717) is 17.5 Å². The second-order valence-electron chi connectivity index (χ2n) is 8.41. The maximum Gasteiger partial charge on any atom is 0.264 e. The Kier molecular flexibility index (Phi) is 5.64. The van der Waals surface area contributed by atoms with E-state index in [-0.39, 0.29) is 0 Å². The van der Waals surface area contributed by atoms with Crippen LogP contribution < -0.4 is 0 Å². The summed E-state index contributed by atoms with van der Waals surface area (Å²) in [6, 6.07) is 1.76. The van der Waals surface area contributed by atoms with Gasteiger partial charge in [0.1, 0.15) is 11.7 Å². The van der Waals surface area contributed by atoms with Gasteiger partial charge in [0.25, 0.3) is 6.43 Å². The molecule has 1 aliphatic carbocycles. The lowest BCUT2D eigenvalue weighted by Crippen LogP contribution is -2.44. The van der Waals surface area contributed by atoms with Crippen LogP contribution in [-0.2, 0) is 4.74 Å². The summed E-state index contributed by atoms with van der Waals surface area (Å²) in [5.74, 6) is 0.482. The van der Waals surface area contributed by atoms with Crippen molar-refractivity contribution in [1.82, 2.24) is 13.9 Å².